The molecule has 1 amide bonds. The quantitative estimate of drug-likeness (QED) is 0.817. The molecule has 0 heterocycles. The number of amides is 1. The van der Waals surface area contributed by atoms with Crippen LogP contribution in [-0.4, -0.2) is 18.3 Å². The van der Waals surface area contributed by atoms with Gasteiger partial charge in [0.2, 0.25) is 0 Å². The fourth-order valence-electron chi connectivity index (χ4n) is 1.45. The first-order valence-electron chi connectivity index (χ1n) is 5.32. The molecular formula is C11H11F3N2O2. The van der Waals surface area contributed by atoms with E-state index in [0.29, 0.717) is 0 Å². The topological polar surface area (TPSA) is 64.3 Å². The predicted octanol–water partition coefficient (Wildman–Crippen LogP) is 2.06. The van der Waals surface area contributed by atoms with Crippen LogP contribution in [0.15, 0.2) is 18.2 Å². The zero-order chi connectivity index (χ0) is 13.3. The number of nitrogen functional groups attached to an aromatic ring is 1. The minimum absolute atomic E-state index is 0.0105. The molecule has 1 aliphatic carbocycles. The monoisotopic (exact) mass is 260 g/mol. The second-order valence-electron chi connectivity index (χ2n) is 4.01. The van der Waals surface area contributed by atoms with Crippen molar-refractivity contribution in [3.63, 3.8) is 0 Å². The molecular weight excluding hydrogens is 249 g/mol. The maximum absolute atomic E-state index is 12.1. The van der Waals surface area contributed by atoms with Crippen LogP contribution in [0.25, 0.3) is 0 Å². The lowest BCUT2D eigenvalue weighted by molar-refractivity contribution is -0.274. The molecule has 1 aromatic rings. The zero-order valence-corrected chi connectivity index (χ0v) is 9.25. The molecule has 1 saturated carbocycles. The van der Waals surface area contributed by atoms with Gasteiger partial charge in [-0.05, 0) is 25.0 Å². The van der Waals surface area contributed by atoms with E-state index >= 15 is 0 Å². The molecule has 1 aromatic carbocycles. The molecule has 0 bridgehead atoms. The van der Waals surface area contributed by atoms with E-state index < -0.39 is 18.0 Å². The maximum atomic E-state index is 12.1. The number of ether oxygens (including phenoxy) is 1. The summed E-state index contributed by atoms with van der Waals surface area (Å²) in [5.41, 5.74) is 5.18. The van der Waals surface area contributed by atoms with E-state index in [-0.39, 0.29) is 17.3 Å². The van der Waals surface area contributed by atoms with Gasteiger partial charge in [-0.2, -0.15) is 0 Å². The summed E-state index contributed by atoms with van der Waals surface area (Å²) in [5, 5.41) is 2.65. The molecule has 1 fully saturated rings. The fourth-order valence-corrected chi connectivity index (χ4v) is 1.45. The molecule has 0 aliphatic heterocycles. The van der Waals surface area contributed by atoms with Gasteiger partial charge in [-0.25, -0.2) is 0 Å². The van der Waals surface area contributed by atoms with E-state index in [0.717, 1.165) is 18.9 Å². The van der Waals surface area contributed by atoms with Crippen LogP contribution in [-0.2, 0) is 0 Å². The Morgan fingerprint density at radius 1 is 1.39 bits per heavy atom. The molecule has 0 aromatic heterocycles. The Labute approximate surface area is 101 Å². The number of carbonyl (C=O) groups is 1. The second-order valence-corrected chi connectivity index (χ2v) is 4.01. The summed E-state index contributed by atoms with van der Waals surface area (Å²) >= 11 is 0. The molecule has 0 saturated heterocycles. The van der Waals surface area contributed by atoms with E-state index in [4.69, 9.17) is 5.73 Å². The molecule has 4 nitrogen and oxygen atoms in total. The second kappa shape index (κ2) is 4.40. The lowest BCUT2D eigenvalue weighted by Crippen LogP contribution is -2.26. The number of carbonyl (C=O) groups excluding carboxylic acids is 1. The molecule has 0 atom stereocenters. The van der Waals surface area contributed by atoms with Crippen molar-refractivity contribution in [3.8, 4) is 5.75 Å². The van der Waals surface area contributed by atoms with Crippen molar-refractivity contribution < 1.29 is 22.7 Å². The summed E-state index contributed by atoms with van der Waals surface area (Å²) in [6.07, 6.45) is -3.07. The summed E-state index contributed by atoms with van der Waals surface area (Å²) < 4.78 is 40.0. The fraction of sp³-hybridized carbons (Fsp3) is 0.364. The highest BCUT2D eigenvalue weighted by molar-refractivity contribution is 6.00. The Bertz CT molecular complexity index is 470. The first kappa shape index (κ1) is 12.5. The average Bonchev–Trinajstić information content (AvgIpc) is 3.03. The number of hydrogen-bond donors (Lipinski definition) is 2. The minimum atomic E-state index is -4.83. The standard InChI is InChI=1S/C11H11F3N2O2/c12-11(13,14)18-8-3-1-2-7(9(8)15)10(17)16-6-4-5-6/h1-3,6H,4-5,15H2,(H,16,17). The lowest BCUT2D eigenvalue weighted by Gasteiger charge is -2.13. The van der Waals surface area contributed by atoms with Gasteiger partial charge in [0.15, 0.2) is 5.75 Å². The molecule has 3 N–H and O–H groups in total. The first-order valence-corrected chi connectivity index (χ1v) is 5.32. The van der Waals surface area contributed by atoms with Gasteiger partial charge in [-0.1, -0.05) is 6.07 Å². The number of para-hydroxylation sites is 1. The minimum Gasteiger partial charge on any atom is -0.404 e. The van der Waals surface area contributed by atoms with Gasteiger partial charge in [0, 0.05) is 6.04 Å². The van der Waals surface area contributed by atoms with E-state index in [1.54, 1.807) is 0 Å². The van der Waals surface area contributed by atoms with Crippen molar-refractivity contribution >= 4 is 11.6 Å². The third-order valence-corrected chi connectivity index (χ3v) is 2.45. The van der Waals surface area contributed by atoms with Crippen molar-refractivity contribution in [1.82, 2.24) is 5.32 Å². The largest absolute Gasteiger partial charge is 0.573 e. The molecule has 18 heavy (non-hydrogen) atoms. The highest BCUT2D eigenvalue weighted by Gasteiger charge is 2.33. The Balaban J connectivity index is 2.20. The summed E-state index contributed by atoms with van der Waals surface area (Å²) in [6.45, 7) is 0. The maximum Gasteiger partial charge on any atom is 0.573 e. The molecule has 0 spiro atoms. The summed E-state index contributed by atoms with van der Waals surface area (Å²) in [7, 11) is 0. The number of alkyl halides is 3. The number of hydrogen-bond acceptors (Lipinski definition) is 3. The van der Waals surface area contributed by atoms with Crippen LogP contribution in [0.4, 0.5) is 18.9 Å². The van der Waals surface area contributed by atoms with Crippen LogP contribution in [0.3, 0.4) is 0 Å². The van der Waals surface area contributed by atoms with Crippen molar-refractivity contribution in [2.45, 2.75) is 25.2 Å². The van der Waals surface area contributed by atoms with E-state index in [2.05, 4.69) is 10.1 Å². The number of nitrogens with two attached hydrogens (primary N) is 1. The Morgan fingerprint density at radius 2 is 2.06 bits per heavy atom. The van der Waals surface area contributed by atoms with Crippen LogP contribution in [0.5, 0.6) is 5.75 Å². The van der Waals surface area contributed by atoms with Crippen LogP contribution >= 0.6 is 0 Å². The average molecular weight is 260 g/mol. The Kier molecular flexibility index (Phi) is 3.06. The summed E-state index contributed by atoms with van der Waals surface area (Å²) in [5.74, 6) is -1.05. The van der Waals surface area contributed by atoms with Gasteiger partial charge in [-0.3, -0.25) is 4.79 Å². The first-order chi connectivity index (χ1) is 8.37. The third-order valence-electron chi connectivity index (χ3n) is 2.45. The van der Waals surface area contributed by atoms with Gasteiger partial charge in [0.1, 0.15) is 0 Å². The molecule has 7 heteroatoms. The van der Waals surface area contributed by atoms with Crippen LogP contribution in [0, 0.1) is 0 Å². The van der Waals surface area contributed by atoms with Gasteiger partial charge in [0.25, 0.3) is 5.91 Å². The number of anilines is 1. The van der Waals surface area contributed by atoms with Crippen molar-refractivity contribution in [2.75, 3.05) is 5.73 Å². The van der Waals surface area contributed by atoms with Gasteiger partial charge in [0.05, 0.1) is 11.3 Å². The van der Waals surface area contributed by atoms with Crippen LogP contribution in [0.1, 0.15) is 23.2 Å². The Hall–Kier alpha value is -1.92. The van der Waals surface area contributed by atoms with Gasteiger partial charge >= 0.3 is 6.36 Å². The lowest BCUT2D eigenvalue weighted by atomic mass is 10.1. The molecule has 98 valence electrons. The van der Waals surface area contributed by atoms with Crippen molar-refractivity contribution in [1.29, 1.82) is 0 Å². The molecule has 0 unspecified atom stereocenters. The summed E-state index contributed by atoms with van der Waals surface area (Å²) in [4.78, 5) is 11.7. The smallest absolute Gasteiger partial charge is 0.404 e. The molecule has 2 rings (SSSR count). The number of rotatable bonds is 3. The Morgan fingerprint density at radius 3 is 2.61 bits per heavy atom. The zero-order valence-electron chi connectivity index (χ0n) is 9.25. The normalized spacial score (nSPS) is 15.3. The van der Waals surface area contributed by atoms with E-state index in [1.165, 1.54) is 12.1 Å². The predicted molar refractivity (Wildman–Crippen MR) is 58.0 cm³/mol. The summed E-state index contributed by atoms with van der Waals surface area (Å²) in [6, 6.07) is 3.82. The van der Waals surface area contributed by atoms with E-state index in [1.807, 2.05) is 0 Å². The van der Waals surface area contributed by atoms with Gasteiger partial charge < -0.3 is 15.8 Å². The van der Waals surface area contributed by atoms with E-state index in [9.17, 15) is 18.0 Å². The highest BCUT2D eigenvalue weighted by atomic mass is 19.4. The number of nitrogens with one attached hydrogen (secondary N) is 1. The number of benzene rings is 1. The van der Waals surface area contributed by atoms with Crippen LogP contribution in [0.2, 0.25) is 0 Å². The molecule has 1 aliphatic rings. The molecule has 0 radical (unpaired) electrons. The van der Waals surface area contributed by atoms with Crippen LogP contribution < -0.4 is 15.8 Å². The third kappa shape index (κ3) is 3.06. The SMILES string of the molecule is Nc1c(OC(F)(F)F)cccc1C(=O)NC1CC1. The highest BCUT2D eigenvalue weighted by Crippen LogP contribution is 2.31. The number of halogens is 3. The van der Waals surface area contributed by atoms with Crippen molar-refractivity contribution in [2.24, 2.45) is 0 Å². The van der Waals surface area contributed by atoms with Gasteiger partial charge in [-0.15, -0.1) is 13.2 Å². The van der Waals surface area contributed by atoms with Crippen molar-refractivity contribution in [3.05, 3.63) is 23.8 Å².